The van der Waals surface area contributed by atoms with E-state index in [9.17, 15) is 4.79 Å². The maximum absolute atomic E-state index is 11.3. The topological polar surface area (TPSA) is 41.9 Å². The largest absolute Gasteiger partial charge is 0.448 e. The van der Waals surface area contributed by atoms with Crippen LogP contribution in [-0.4, -0.2) is 30.0 Å². The van der Waals surface area contributed by atoms with Crippen molar-refractivity contribution >= 4 is 12.3 Å². The van der Waals surface area contributed by atoms with E-state index in [1.807, 2.05) is 19.1 Å². The Kier molecular flexibility index (Phi) is 1.65. The van der Waals surface area contributed by atoms with Crippen LogP contribution in [0.3, 0.4) is 0 Å². The van der Waals surface area contributed by atoms with Gasteiger partial charge in [-0.05, 0) is 13.8 Å². The molecule has 1 aliphatic carbocycles. The van der Waals surface area contributed by atoms with Crippen molar-refractivity contribution in [3.05, 3.63) is 12.2 Å². The number of carbonyl (C=O) groups is 1. The van der Waals surface area contributed by atoms with Gasteiger partial charge in [-0.1, -0.05) is 12.2 Å². The lowest BCUT2D eigenvalue weighted by atomic mass is 9.75. The minimum Gasteiger partial charge on any atom is -0.448 e. The highest BCUT2D eigenvalue weighted by molar-refractivity contribution is 5.81. The lowest BCUT2D eigenvalue weighted by Gasteiger charge is -2.34. The molecule has 1 amide bonds. The maximum atomic E-state index is 11.3. The predicted octanol–water partition coefficient (Wildman–Crippen LogP) is 1.39. The molecule has 0 fully saturated rings. The summed E-state index contributed by atoms with van der Waals surface area (Å²) in [6.07, 6.45) is 5.43. The molecular formula is C9H12N2O2. The van der Waals surface area contributed by atoms with E-state index in [0.717, 1.165) is 0 Å². The van der Waals surface area contributed by atoms with Gasteiger partial charge in [-0.3, -0.25) is 0 Å². The number of hydrogen-bond donors (Lipinski definition) is 0. The van der Waals surface area contributed by atoms with Crippen LogP contribution in [0.1, 0.15) is 13.8 Å². The van der Waals surface area contributed by atoms with Gasteiger partial charge in [-0.2, -0.15) is 10.1 Å². The summed E-state index contributed by atoms with van der Waals surface area (Å²) in [6.45, 7) is 4.21. The zero-order chi connectivity index (χ0) is 9.47. The van der Waals surface area contributed by atoms with Gasteiger partial charge in [0.15, 0.2) is 0 Å². The second-order valence-corrected chi connectivity index (χ2v) is 3.46. The van der Waals surface area contributed by atoms with Crippen molar-refractivity contribution < 1.29 is 9.53 Å². The SMILES string of the molecule is CCOC(=O)N1N=CC2(C)C=CC12. The molecule has 0 spiro atoms. The Labute approximate surface area is 76.9 Å². The zero-order valence-electron chi connectivity index (χ0n) is 7.73. The first-order valence-electron chi connectivity index (χ1n) is 4.38. The molecule has 0 aromatic rings. The molecule has 0 N–H and O–H groups in total. The van der Waals surface area contributed by atoms with Crippen LogP contribution in [-0.2, 0) is 4.74 Å². The first-order chi connectivity index (χ1) is 6.17. The van der Waals surface area contributed by atoms with Gasteiger partial charge in [0.05, 0.1) is 12.6 Å². The Bertz CT molecular complexity index is 298. The van der Waals surface area contributed by atoms with Gasteiger partial charge in [-0.25, -0.2) is 4.79 Å². The van der Waals surface area contributed by atoms with E-state index >= 15 is 0 Å². The molecule has 0 aromatic carbocycles. The van der Waals surface area contributed by atoms with Gasteiger partial charge < -0.3 is 4.74 Å². The fraction of sp³-hybridized carbons (Fsp3) is 0.556. The van der Waals surface area contributed by atoms with E-state index in [-0.39, 0.29) is 17.6 Å². The molecule has 2 aliphatic rings. The molecule has 0 radical (unpaired) electrons. The van der Waals surface area contributed by atoms with Gasteiger partial charge in [-0.15, -0.1) is 0 Å². The standard InChI is InChI=1S/C9H12N2O2/c1-3-13-8(12)11-7-4-5-9(7,2)6-10-11/h4-7H,3H2,1-2H3. The highest BCUT2D eigenvalue weighted by Gasteiger charge is 2.46. The van der Waals surface area contributed by atoms with Crippen molar-refractivity contribution in [2.24, 2.45) is 10.5 Å². The molecule has 13 heavy (non-hydrogen) atoms. The third-order valence-electron chi connectivity index (χ3n) is 2.45. The summed E-state index contributed by atoms with van der Waals surface area (Å²) in [6, 6.07) is 0.0616. The number of rotatable bonds is 1. The summed E-state index contributed by atoms with van der Waals surface area (Å²) in [5.74, 6) is 0. The summed E-state index contributed by atoms with van der Waals surface area (Å²) in [7, 11) is 0. The molecule has 0 saturated carbocycles. The first kappa shape index (κ1) is 8.29. The second kappa shape index (κ2) is 2.58. The number of hydrogen-bond acceptors (Lipinski definition) is 3. The third-order valence-corrected chi connectivity index (χ3v) is 2.45. The number of carbonyl (C=O) groups excluding carboxylic acids is 1. The Morgan fingerprint density at radius 3 is 3.00 bits per heavy atom. The van der Waals surface area contributed by atoms with Crippen molar-refractivity contribution in [2.45, 2.75) is 19.9 Å². The Hall–Kier alpha value is -1.32. The molecular weight excluding hydrogens is 168 g/mol. The summed E-state index contributed by atoms with van der Waals surface area (Å²) >= 11 is 0. The molecule has 70 valence electrons. The van der Waals surface area contributed by atoms with E-state index in [0.29, 0.717) is 6.61 Å². The van der Waals surface area contributed by atoms with Crippen molar-refractivity contribution in [3.63, 3.8) is 0 Å². The van der Waals surface area contributed by atoms with Crippen LogP contribution in [0.25, 0.3) is 0 Å². The van der Waals surface area contributed by atoms with Gasteiger partial charge >= 0.3 is 6.09 Å². The van der Waals surface area contributed by atoms with Crippen LogP contribution in [0.2, 0.25) is 0 Å². The van der Waals surface area contributed by atoms with Crippen LogP contribution in [0.5, 0.6) is 0 Å². The molecule has 0 aromatic heterocycles. The maximum Gasteiger partial charge on any atom is 0.430 e. The molecule has 0 bridgehead atoms. The number of nitrogens with zero attached hydrogens (tertiary/aromatic N) is 2. The first-order valence-corrected chi connectivity index (χ1v) is 4.38. The molecule has 2 rings (SSSR count). The molecule has 1 aliphatic heterocycles. The van der Waals surface area contributed by atoms with Crippen LogP contribution >= 0.6 is 0 Å². The Balaban J connectivity index is 2.09. The minimum atomic E-state index is -0.364. The summed E-state index contributed by atoms with van der Waals surface area (Å²) < 4.78 is 4.86. The fourth-order valence-electron chi connectivity index (χ4n) is 1.56. The zero-order valence-corrected chi connectivity index (χ0v) is 7.73. The van der Waals surface area contributed by atoms with E-state index < -0.39 is 0 Å². The van der Waals surface area contributed by atoms with Crippen molar-refractivity contribution in [2.75, 3.05) is 6.61 Å². The van der Waals surface area contributed by atoms with Gasteiger partial charge in [0.2, 0.25) is 0 Å². The molecule has 4 nitrogen and oxygen atoms in total. The van der Waals surface area contributed by atoms with Crippen molar-refractivity contribution in [1.29, 1.82) is 0 Å². The summed E-state index contributed by atoms with van der Waals surface area (Å²) in [5.41, 5.74) is -0.0627. The van der Waals surface area contributed by atoms with Crippen LogP contribution in [0.4, 0.5) is 4.79 Å². The van der Waals surface area contributed by atoms with Crippen molar-refractivity contribution in [1.82, 2.24) is 5.01 Å². The fourth-order valence-corrected chi connectivity index (χ4v) is 1.56. The average molecular weight is 180 g/mol. The highest BCUT2D eigenvalue weighted by atomic mass is 16.6. The summed E-state index contributed by atoms with van der Waals surface area (Å²) in [4.78, 5) is 11.3. The molecule has 4 heteroatoms. The predicted molar refractivity (Wildman–Crippen MR) is 48.4 cm³/mol. The normalized spacial score (nSPS) is 34.3. The molecule has 1 heterocycles. The van der Waals surface area contributed by atoms with Crippen molar-refractivity contribution in [3.8, 4) is 0 Å². The van der Waals surface area contributed by atoms with Crippen LogP contribution in [0, 0.1) is 5.41 Å². The minimum absolute atomic E-state index is 0.0616. The van der Waals surface area contributed by atoms with Gasteiger partial charge in [0.1, 0.15) is 0 Å². The lowest BCUT2D eigenvalue weighted by molar-refractivity contribution is 0.0923. The Morgan fingerprint density at radius 2 is 2.54 bits per heavy atom. The van der Waals surface area contributed by atoms with E-state index in [1.165, 1.54) is 5.01 Å². The molecule has 0 saturated heterocycles. The Morgan fingerprint density at radius 1 is 1.77 bits per heavy atom. The summed E-state index contributed by atoms with van der Waals surface area (Å²) in [5, 5.41) is 5.41. The smallest absolute Gasteiger partial charge is 0.430 e. The number of fused-ring (bicyclic) bond motifs is 1. The van der Waals surface area contributed by atoms with Gasteiger partial charge in [0, 0.05) is 11.6 Å². The number of ether oxygens (including phenoxy) is 1. The van der Waals surface area contributed by atoms with Crippen LogP contribution < -0.4 is 0 Å². The number of hydrazone groups is 1. The quantitative estimate of drug-likeness (QED) is 0.572. The number of amides is 1. The van der Waals surface area contributed by atoms with Gasteiger partial charge in [0.25, 0.3) is 0 Å². The van der Waals surface area contributed by atoms with Crippen LogP contribution in [0.15, 0.2) is 17.3 Å². The highest BCUT2D eigenvalue weighted by Crippen LogP contribution is 2.39. The lowest BCUT2D eigenvalue weighted by Crippen LogP contribution is -2.45. The monoisotopic (exact) mass is 180 g/mol. The average Bonchev–Trinajstić information content (AvgIpc) is 2.29. The third kappa shape index (κ3) is 1.05. The second-order valence-electron chi connectivity index (χ2n) is 3.46. The van der Waals surface area contributed by atoms with E-state index in [4.69, 9.17) is 4.74 Å². The molecule has 2 unspecified atom stereocenters. The molecule has 2 atom stereocenters. The van der Waals surface area contributed by atoms with E-state index in [1.54, 1.807) is 13.1 Å². The van der Waals surface area contributed by atoms with E-state index in [2.05, 4.69) is 5.10 Å².